The first-order chi connectivity index (χ1) is 10.0. The van der Waals surface area contributed by atoms with E-state index in [0.717, 1.165) is 30.4 Å². The van der Waals surface area contributed by atoms with Gasteiger partial charge in [-0.25, -0.2) is 0 Å². The molecule has 1 aromatic carbocycles. The second-order valence-electron chi connectivity index (χ2n) is 5.94. The molecular formula is C15H18BrClN2O2. The second-order valence-corrected chi connectivity index (χ2v) is 7.26. The monoisotopic (exact) mass is 372 g/mol. The van der Waals surface area contributed by atoms with Crippen molar-refractivity contribution in [3.8, 4) is 0 Å². The summed E-state index contributed by atoms with van der Waals surface area (Å²) >= 11 is 9.43. The van der Waals surface area contributed by atoms with Gasteiger partial charge in [0.25, 0.3) is 0 Å². The lowest BCUT2D eigenvalue weighted by Gasteiger charge is -2.17. The zero-order chi connectivity index (χ0) is 15.0. The van der Waals surface area contributed by atoms with Gasteiger partial charge < -0.3 is 10.4 Å². The third kappa shape index (κ3) is 3.42. The Hall–Kier alpha value is -0.620. The lowest BCUT2D eigenvalue weighted by molar-refractivity contribution is -0.117. The Bertz CT molecular complexity index is 554. The maximum absolute atomic E-state index is 12.1. The molecule has 3 atom stereocenters. The molecule has 0 aromatic heterocycles. The Morgan fingerprint density at radius 2 is 2.24 bits per heavy atom. The van der Waals surface area contributed by atoms with Crippen molar-refractivity contribution in [3.63, 3.8) is 0 Å². The van der Waals surface area contributed by atoms with Crippen molar-refractivity contribution in [2.24, 2.45) is 11.8 Å². The van der Waals surface area contributed by atoms with E-state index >= 15 is 0 Å². The van der Waals surface area contributed by atoms with Crippen molar-refractivity contribution in [3.05, 3.63) is 27.7 Å². The van der Waals surface area contributed by atoms with Gasteiger partial charge in [0, 0.05) is 23.5 Å². The summed E-state index contributed by atoms with van der Waals surface area (Å²) in [6, 6.07) is 5.39. The number of nitrogens with zero attached hydrogens (tertiary/aromatic N) is 1. The Labute approximate surface area is 137 Å². The number of carbonyl (C=O) groups excluding carboxylic acids is 1. The minimum absolute atomic E-state index is 0.0614. The Morgan fingerprint density at radius 3 is 2.95 bits per heavy atom. The van der Waals surface area contributed by atoms with Crippen molar-refractivity contribution >= 4 is 39.1 Å². The highest BCUT2D eigenvalue weighted by Gasteiger charge is 2.41. The molecule has 4 nitrogen and oxygen atoms in total. The summed E-state index contributed by atoms with van der Waals surface area (Å²) in [7, 11) is 0. The van der Waals surface area contributed by atoms with E-state index in [4.69, 9.17) is 11.6 Å². The number of nitrogens with one attached hydrogen (secondary N) is 1. The number of carbonyl (C=O) groups is 1. The molecule has 1 aliphatic heterocycles. The second kappa shape index (κ2) is 6.24. The van der Waals surface area contributed by atoms with Crippen LogP contribution in [-0.4, -0.2) is 41.7 Å². The van der Waals surface area contributed by atoms with Crippen molar-refractivity contribution in [2.45, 2.75) is 18.9 Å². The number of halogens is 2. The van der Waals surface area contributed by atoms with Gasteiger partial charge in [0.05, 0.1) is 23.4 Å². The van der Waals surface area contributed by atoms with Crippen molar-refractivity contribution in [2.75, 3.05) is 25.0 Å². The quantitative estimate of drug-likeness (QED) is 0.856. The largest absolute Gasteiger partial charge is 0.393 e. The van der Waals surface area contributed by atoms with E-state index in [-0.39, 0.29) is 12.0 Å². The molecule has 3 rings (SSSR count). The standard InChI is InChI=1S/C15H18BrClN2O2/c16-10-2-3-13(12(17)5-10)18-15(21)8-19-6-9-1-4-14(20)11(9)7-19/h2-3,5,9,11,14,20H,1,4,6-8H2,(H,18,21). The van der Waals surface area contributed by atoms with Crippen LogP contribution in [0, 0.1) is 11.8 Å². The highest BCUT2D eigenvalue weighted by Crippen LogP contribution is 2.37. The molecule has 0 bridgehead atoms. The predicted molar refractivity (Wildman–Crippen MR) is 86.4 cm³/mol. The zero-order valence-electron chi connectivity index (χ0n) is 11.6. The topological polar surface area (TPSA) is 52.6 Å². The summed E-state index contributed by atoms with van der Waals surface area (Å²) in [5.74, 6) is 0.826. The molecular weight excluding hydrogens is 356 g/mol. The number of rotatable bonds is 3. The number of aliphatic hydroxyl groups excluding tert-OH is 1. The summed E-state index contributed by atoms with van der Waals surface area (Å²) in [6.45, 7) is 2.07. The molecule has 2 fully saturated rings. The third-order valence-corrected chi connectivity index (χ3v) is 5.27. The summed E-state index contributed by atoms with van der Waals surface area (Å²) in [5, 5.41) is 13.3. The van der Waals surface area contributed by atoms with Crippen LogP contribution in [0.2, 0.25) is 5.02 Å². The number of benzene rings is 1. The van der Waals surface area contributed by atoms with E-state index in [1.807, 2.05) is 6.07 Å². The summed E-state index contributed by atoms with van der Waals surface area (Å²) in [4.78, 5) is 14.2. The molecule has 1 amide bonds. The molecule has 0 spiro atoms. The number of fused-ring (bicyclic) bond motifs is 1. The van der Waals surface area contributed by atoms with Crippen LogP contribution in [0.3, 0.4) is 0 Å². The van der Waals surface area contributed by atoms with Gasteiger partial charge in [-0.2, -0.15) is 0 Å². The van der Waals surface area contributed by atoms with Gasteiger partial charge in [-0.05, 0) is 37.0 Å². The molecule has 1 saturated heterocycles. The normalized spacial score (nSPS) is 28.6. The number of amides is 1. The van der Waals surface area contributed by atoms with Crippen LogP contribution in [0.15, 0.2) is 22.7 Å². The van der Waals surface area contributed by atoms with Crippen LogP contribution in [0.25, 0.3) is 0 Å². The van der Waals surface area contributed by atoms with Gasteiger partial charge in [-0.3, -0.25) is 9.69 Å². The molecule has 1 aliphatic carbocycles. The predicted octanol–water partition coefficient (Wildman–Crippen LogP) is 2.74. The van der Waals surface area contributed by atoms with Gasteiger partial charge in [0.1, 0.15) is 0 Å². The van der Waals surface area contributed by atoms with Crippen LogP contribution < -0.4 is 5.32 Å². The van der Waals surface area contributed by atoms with Gasteiger partial charge in [0.2, 0.25) is 5.91 Å². The van der Waals surface area contributed by atoms with Crippen LogP contribution in [-0.2, 0) is 4.79 Å². The Morgan fingerprint density at radius 1 is 1.43 bits per heavy atom. The van der Waals surface area contributed by atoms with E-state index in [2.05, 4.69) is 26.1 Å². The fraction of sp³-hybridized carbons (Fsp3) is 0.533. The molecule has 21 heavy (non-hydrogen) atoms. The molecule has 0 radical (unpaired) electrons. The van der Waals surface area contributed by atoms with Crippen molar-refractivity contribution in [1.82, 2.24) is 4.90 Å². The third-order valence-electron chi connectivity index (χ3n) is 4.47. The number of likely N-dealkylation sites (tertiary alicyclic amines) is 1. The van der Waals surface area contributed by atoms with Gasteiger partial charge in [0.15, 0.2) is 0 Å². The Kier molecular flexibility index (Phi) is 4.54. The van der Waals surface area contributed by atoms with E-state index in [1.54, 1.807) is 12.1 Å². The zero-order valence-corrected chi connectivity index (χ0v) is 13.9. The van der Waals surface area contributed by atoms with E-state index in [0.29, 0.717) is 29.1 Å². The minimum Gasteiger partial charge on any atom is -0.393 e. The van der Waals surface area contributed by atoms with E-state index in [1.165, 1.54) is 0 Å². The molecule has 1 aromatic rings. The molecule has 2 N–H and O–H groups in total. The van der Waals surface area contributed by atoms with Crippen LogP contribution >= 0.6 is 27.5 Å². The first-order valence-corrected chi connectivity index (χ1v) is 8.35. The average molecular weight is 374 g/mol. The number of hydrogen-bond acceptors (Lipinski definition) is 3. The van der Waals surface area contributed by atoms with Crippen molar-refractivity contribution in [1.29, 1.82) is 0 Å². The smallest absolute Gasteiger partial charge is 0.238 e. The van der Waals surface area contributed by atoms with Crippen LogP contribution in [0.1, 0.15) is 12.8 Å². The summed E-state index contributed by atoms with van der Waals surface area (Å²) < 4.78 is 0.881. The molecule has 114 valence electrons. The van der Waals surface area contributed by atoms with Crippen LogP contribution in [0.5, 0.6) is 0 Å². The maximum Gasteiger partial charge on any atom is 0.238 e. The van der Waals surface area contributed by atoms with E-state index < -0.39 is 0 Å². The fourth-order valence-electron chi connectivity index (χ4n) is 3.44. The molecule has 6 heteroatoms. The summed E-state index contributed by atoms with van der Waals surface area (Å²) in [6.07, 6.45) is 1.79. The lowest BCUT2D eigenvalue weighted by atomic mass is 10.00. The molecule has 2 aliphatic rings. The first-order valence-electron chi connectivity index (χ1n) is 7.18. The number of aliphatic hydroxyl groups is 1. The molecule has 1 heterocycles. The first kappa shape index (κ1) is 15.3. The number of anilines is 1. The molecule has 3 unspecified atom stereocenters. The Balaban J connectivity index is 1.55. The minimum atomic E-state index is -0.191. The van der Waals surface area contributed by atoms with Gasteiger partial charge >= 0.3 is 0 Å². The lowest BCUT2D eigenvalue weighted by Crippen LogP contribution is -2.33. The number of hydrogen-bond donors (Lipinski definition) is 2. The van der Waals surface area contributed by atoms with Crippen LogP contribution in [0.4, 0.5) is 5.69 Å². The van der Waals surface area contributed by atoms with Gasteiger partial charge in [-0.15, -0.1) is 0 Å². The highest BCUT2D eigenvalue weighted by molar-refractivity contribution is 9.10. The average Bonchev–Trinajstić information content (AvgIpc) is 2.95. The fourth-order valence-corrected chi connectivity index (χ4v) is 4.16. The maximum atomic E-state index is 12.1. The highest BCUT2D eigenvalue weighted by atomic mass is 79.9. The summed E-state index contributed by atoms with van der Waals surface area (Å²) in [5.41, 5.74) is 0.629. The van der Waals surface area contributed by atoms with Gasteiger partial charge in [-0.1, -0.05) is 27.5 Å². The molecule has 1 saturated carbocycles. The van der Waals surface area contributed by atoms with Crippen molar-refractivity contribution < 1.29 is 9.90 Å². The van der Waals surface area contributed by atoms with E-state index in [9.17, 15) is 9.90 Å². The SMILES string of the molecule is O=C(CN1CC2CCC(O)C2C1)Nc1ccc(Br)cc1Cl.